The van der Waals surface area contributed by atoms with Crippen molar-refractivity contribution in [3.8, 4) is 11.3 Å². The number of piperidine rings is 2. The number of aromatic nitrogens is 4. The Bertz CT molecular complexity index is 2590. The van der Waals surface area contributed by atoms with Gasteiger partial charge in [-0.2, -0.15) is 5.10 Å². The van der Waals surface area contributed by atoms with Crippen LogP contribution in [0.2, 0.25) is 0 Å². The summed E-state index contributed by atoms with van der Waals surface area (Å²) < 4.78 is 46.1. The van der Waals surface area contributed by atoms with E-state index in [1.807, 2.05) is 30.5 Å². The van der Waals surface area contributed by atoms with Gasteiger partial charge in [-0.1, -0.05) is 18.2 Å². The monoisotopic (exact) mass is 832 g/mol. The molecule has 14 nitrogen and oxygen atoms in total. The van der Waals surface area contributed by atoms with Crippen LogP contribution in [-0.4, -0.2) is 116 Å². The summed E-state index contributed by atoms with van der Waals surface area (Å²) in [5.74, 6) is -3.08. The number of likely N-dealkylation sites (tertiary alicyclic amines) is 1. The van der Waals surface area contributed by atoms with Crippen molar-refractivity contribution in [3.05, 3.63) is 107 Å². The number of nitrogens with one attached hydrogen (secondary N) is 1. The van der Waals surface area contributed by atoms with Crippen LogP contribution in [0.3, 0.4) is 0 Å². The van der Waals surface area contributed by atoms with Gasteiger partial charge < -0.3 is 9.80 Å². The van der Waals surface area contributed by atoms with Crippen molar-refractivity contribution in [1.29, 1.82) is 0 Å². The van der Waals surface area contributed by atoms with Gasteiger partial charge in [0, 0.05) is 75.1 Å². The molecule has 0 aliphatic carbocycles. The van der Waals surface area contributed by atoms with E-state index in [9.17, 15) is 28.0 Å². The normalized spacial score (nSPS) is 21.9. The highest BCUT2D eigenvalue weighted by Crippen LogP contribution is 2.38. The molecule has 4 saturated heterocycles. The number of nitrogens with zero attached hydrogens (tertiary/aromatic N) is 9. The maximum atomic E-state index is 15.9. The summed E-state index contributed by atoms with van der Waals surface area (Å²) in [6.45, 7) is 5.81. The minimum absolute atomic E-state index is 0.00575. The summed E-state index contributed by atoms with van der Waals surface area (Å²) in [5.41, 5.74) is 2.59. The van der Waals surface area contributed by atoms with E-state index < -0.39 is 47.1 Å². The molecule has 4 amide bonds. The Kier molecular flexibility index (Phi) is 10.0. The molecule has 0 saturated carbocycles. The first-order valence-electron chi connectivity index (χ1n) is 20.9. The van der Waals surface area contributed by atoms with E-state index in [4.69, 9.17) is 9.97 Å². The molecule has 3 aromatic heterocycles. The number of benzene rings is 2. The first-order chi connectivity index (χ1) is 29.6. The lowest BCUT2D eigenvalue weighted by atomic mass is 10.00. The van der Waals surface area contributed by atoms with E-state index in [-0.39, 0.29) is 30.0 Å². The Hall–Kier alpha value is -6.20. The van der Waals surface area contributed by atoms with Gasteiger partial charge in [0.2, 0.25) is 11.8 Å². The van der Waals surface area contributed by atoms with Gasteiger partial charge in [-0.15, -0.1) is 0 Å². The first-order valence-corrected chi connectivity index (χ1v) is 20.9. The van der Waals surface area contributed by atoms with E-state index in [2.05, 4.69) is 30.0 Å². The minimum atomic E-state index is -1.15. The number of fused-ring (bicyclic) bond motifs is 2. The lowest BCUT2D eigenvalue weighted by Gasteiger charge is -2.43. The van der Waals surface area contributed by atoms with Crippen molar-refractivity contribution < 1.29 is 32.3 Å². The van der Waals surface area contributed by atoms with Crippen molar-refractivity contribution >= 4 is 40.9 Å². The van der Waals surface area contributed by atoms with Gasteiger partial charge >= 0.3 is 0 Å². The Labute approximate surface area is 348 Å². The SMILES string of the molecule is O=C1CCC(N2C(=O)c3ccc(CN4CCC(N5CCN(c6cccc(-c7cnn8ccc(N9CCCC9c9ccc(F)cc9F)nc78)n6)CC5)CC4)c(F)c3C2=O)C(=O)N1. The van der Waals surface area contributed by atoms with Crippen molar-refractivity contribution in [2.24, 2.45) is 0 Å². The highest BCUT2D eigenvalue weighted by Gasteiger charge is 2.46. The fraction of sp³-hybridized carbons (Fsp3) is 0.386. The van der Waals surface area contributed by atoms with Crippen LogP contribution in [0.15, 0.2) is 67.0 Å². The summed E-state index contributed by atoms with van der Waals surface area (Å²) in [5, 5.41) is 6.71. The van der Waals surface area contributed by atoms with Gasteiger partial charge in [0.1, 0.15) is 35.1 Å². The molecule has 0 bridgehead atoms. The van der Waals surface area contributed by atoms with Crippen LogP contribution in [0.5, 0.6) is 0 Å². The third-order valence-corrected chi connectivity index (χ3v) is 13.0. The zero-order valence-electron chi connectivity index (χ0n) is 33.3. The van der Waals surface area contributed by atoms with Gasteiger partial charge in [0.25, 0.3) is 11.8 Å². The summed E-state index contributed by atoms with van der Waals surface area (Å²) in [4.78, 5) is 70.4. The number of rotatable bonds is 8. The molecule has 0 radical (unpaired) electrons. The highest BCUT2D eigenvalue weighted by molar-refractivity contribution is 6.23. The minimum Gasteiger partial charge on any atom is -0.354 e. The molecule has 314 valence electrons. The number of anilines is 2. The number of carbonyl (C=O) groups is 4. The van der Waals surface area contributed by atoms with E-state index in [0.29, 0.717) is 41.7 Å². The van der Waals surface area contributed by atoms with Gasteiger partial charge in [0.15, 0.2) is 5.65 Å². The Balaban J connectivity index is 0.757. The predicted octanol–water partition coefficient (Wildman–Crippen LogP) is 4.74. The smallest absolute Gasteiger partial charge is 0.265 e. The Morgan fingerprint density at radius 1 is 0.754 bits per heavy atom. The Morgan fingerprint density at radius 3 is 2.36 bits per heavy atom. The molecule has 8 heterocycles. The molecular formula is C44H43F3N10O4. The van der Waals surface area contributed by atoms with Crippen molar-refractivity contribution in [3.63, 3.8) is 0 Å². The molecule has 5 aromatic rings. The average Bonchev–Trinajstić information content (AvgIpc) is 3.99. The fourth-order valence-corrected chi connectivity index (χ4v) is 9.77. The van der Waals surface area contributed by atoms with Crippen molar-refractivity contribution in [2.45, 2.75) is 63.2 Å². The second-order valence-corrected chi connectivity index (χ2v) is 16.4. The molecule has 1 N–H and O–H groups in total. The molecule has 2 atom stereocenters. The summed E-state index contributed by atoms with van der Waals surface area (Å²) in [7, 11) is 0. The second-order valence-electron chi connectivity index (χ2n) is 16.4. The summed E-state index contributed by atoms with van der Waals surface area (Å²) >= 11 is 0. The van der Waals surface area contributed by atoms with Gasteiger partial charge in [-0.25, -0.2) is 27.7 Å². The first kappa shape index (κ1) is 39.0. The molecule has 10 rings (SSSR count). The van der Waals surface area contributed by atoms with Crippen LogP contribution in [0.25, 0.3) is 16.9 Å². The van der Waals surface area contributed by atoms with E-state index in [1.54, 1.807) is 16.8 Å². The van der Waals surface area contributed by atoms with Crippen LogP contribution < -0.4 is 15.1 Å². The number of imide groups is 2. The quantitative estimate of drug-likeness (QED) is 0.217. The number of hydrogen-bond acceptors (Lipinski definition) is 11. The fourth-order valence-electron chi connectivity index (χ4n) is 9.77. The van der Waals surface area contributed by atoms with E-state index in [0.717, 1.165) is 93.0 Å². The highest BCUT2D eigenvalue weighted by atomic mass is 19.1. The van der Waals surface area contributed by atoms with Crippen LogP contribution >= 0.6 is 0 Å². The van der Waals surface area contributed by atoms with E-state index in [1.165, 1.54) is 18.2 Å². The van der Waals surface area contributed by atoms with Crippen LogP contribution in [-0.2, 0) is 16.1 Å². The van der Waals surface area contributed by atoms with Crippen LogP contribution in [0, 0.1) is 17.5 Å². The standard InChI is InChI=1S/C44H43F3N10O4/c45-27-7-9-29(32(46)23-27)34-4-2-15-55(34)37-14-18-56-41(50-37)31(24-48-56)33-3-1-5-36(49-33)54-21-19-53(20-22-54)28-12-16-52(17-13-28)25-26-6-8-30-39(40(26)47)44(61)57(43(30)60)35-10-11-38(58)51-42(35)59/h1,3,5-9,14,18,23-24,28,34-35H,2,4,10-13,15-17,19-22,25H2,(H,51,58,59). The maximum absolute atomic E-state index is 15.9. The molecule has 61 heavy (non-hydrogen) atoms. The van der Waals surface area contributed by atoms with Crippen molar-refractivity contribution in [1.82, 2.24) is 39.6 Å². The zero-order valence-corrected chi connectivity index (χ0v) is 33.3. The number of piperazine rings is 1. The predicted molar refractivity (Wildman–Crippen MR) is 217 cm³/mol. The summed E-state index contributed by atoms with van der Waals surface area (Å²) in [6.07, 6.45) is 7.02. The third kappa shape index (κ3) is 7.08. The number of amides is 4. The molecule has 5 aliphatic rings. The average molecular weight is 833 g/mol. The van der Waals surface area contributed by atoms with Crippen LogP contribution in [0.4, 0.5) is 24.8 Å². The number of halogens is 3. The molecule has 2 aromatic carbocycles. The second kappa shape index (κ2) is 15.7. The van der Waals surface area contributed by atoms with Gasteiger partial charge in [-0.3, -0.25) is 39.2 Å². The molecule has 5 aliphatic heterocycles. The lowest BCUT2D eigenvalue weighted by molar-refractivity contribution is -0.136. The van der Waals surface area contributed by atoms with Crippen LogP contribution in [0.1, 0.15) is 76.4 Å². The molecule has 4 fully saturated rings. The topological polar surface area (TPSA) is 140 Å². The van der Waals surface area contributed by atoms with E-state index >= 15 is 4.39 Å². The Morgan fingerprint density at radius 2 is 1.57 bits per heavy atom. The number of hydrogen-bond donors (Lipinski definition) is 1. The molecule has 17 heteroatoms. The zero-order chi connectivity index (χ0) is 41.9. The number of pyridine rings is 1. The third-order valence-electron chi connectivity index (χ3n) is 13.0. The molecular weight excluding hydrogens is 790 g/mol. The summed E-state index contributed by atoms with van der Waals surface area (Å²) in [6, 6.07) is 13.6. The van der Waals surface area contributed by atoms with Gasteiger partial charge in [-0.05, 0) is 75.5 Å². The lowest BCUT2D eigenvalue weighted by Crippen LogP contribution is -2.54. The molecule has 0 spiro atoms. The molecule has 2 unspecified atom stereocenters. The number of carbonyl (C=O) groups excluding carboxylic acids is 4. The van der Waals surface area contributed by atoms with Crippen molar-refractivity contribution in [2.75, 3.05) is 55.6 Å². The maximum Gasteiger partial charge on any atom is 0.265 e. The van der Waals surface area contributed by atoms with Gasteiger partial charge in [0.05, 0.1) is 34.6 Å². The largest absolute Gasteiger partial charge is 0.354 e.